The quantitative estimate of drug-likeness (QED) is 0.887. The Morgan fingerprint density at radius 3 is 2.46 bits per heavy atom. The highest BCUT2D eigenvalue weighted by molar-refractivity contribution is 5.54. The molecule has 3 heterocycles. The van der Waals surface area contributed by atoms with Gasteiger partial charge in [0.15, 0.2) is 0 Å². The number of benzene rings is 1. The largest absolute Gasteiger partial charge is 0.338 e. The second-order valence-electron chi connectivity index (χ2n) is 7.65. The lowest BCUT2D eigenvalue weighted by Crippen LogP contribution is -2.48. The van der Waals surface area contributed by atoms with E-state index >= 15 is 0 Å². The molecular weight excluding hydrogens is 326 g/mol. The number of nitrogens with zero attached hydrogens (tertiary/aromatic N) is 4. The van der Waals surface area contributed by atoms with Crippen molar-refractivity contribution >= 4 is 0 Å². The highest BCUT2D eigenvalue weighted by Gasteiger charge is 2.22. The minimum atomic E-state index is 0.685. The van der Waals surface area contributed by atoms with E-state index < -0.39 is 0 Å². The second kappa shape index (κ2) is 8.29. The van der Waals surface area contributed by atoms with Crippen molar-refractivity contribution in [2.24, 2.45) is 5.92 Å². The molecule has 6 nitrogen and oxygen atoms in total. The first-order valence-corrected chi connectivity index (χ1v) is 9.81. The SMILES string of the molecule is Cc1ccc(-c2noc(CN3CCN(CC4CCNCC4)CC3)n2)cc1. The van der Waals surface area contributed by atoms with Gasteiger partial charge in [-0.3, -0.25) is 4.90 Å². The van der Waals surface area contributed by atoms with Gasteiger partial charge in [0.1, 0.15) is 0 Å². The highest BCUT2D eigenvalue weighted by atomic mass is 16.5. The summed E-state index contributed by atoms with van der Waals surface area (Å²) in [7, 11) is 0. The number of nitrogens with one attached hydrogen (secondary N) is 1. The standard InChI is InChI=1S/C20H29N5O/c1-16-2-4-18(5-3-16)20-22-19(26-23-20)15-25-12-10-24(11-13-25)14-17-6-8-21-9-7-17/h2-5,17,21H,6-15H2,1H3. The Morgan fingerprint density at radius 2 is 1.73 bits per heavy atom. The minimum absolute atomic E-state index is 0.685. The van der Waals surface area contributed by atoms with E-state index in [0.717, 1.165) is 44.2 Å². The van der Waals surface area contributed by atoms with E-state index in [1.165, 1.54) is 38.0 Å². The van der Waals surface area contributed by atoms with Gasteiger partial charge in [-0.15, -0.1) is 0 Å². The lowest BCUT2D eigenvalue weighted by atomic mass is 9.97. The third-order valence-electron chi connectivity index (χ3n) is 5.58. The first-order chi connectivity index (χ1) is 12.8. The fourth-order valence-electron chi connectivity index (χ4n) is 3.89. The van der Waals surface area contributed by atoms with Crippen LogP contribution >= 0.6 is 0 Å². The van der Waals surface area contributed by atoms with E-state index in [1.54, 1.807) is 0 Å². The molecule has 2 saturated heterocycles. The van der Waals surface area contributed by atoms with Crippen molar-refractivity contribution in [3.05, 3.63) is 35.7 Å². The number of piperidine rings is 1. The molecule has 0 amide bonds. The Labute approximate surface area is 155 Å². The van der Waals surface area contributed by atoms with Crippen molar-refractivity contribution in [1.82, 2.24) is 25.3 Å². The normalized spacial score (nSPS) is 20.5. The van der Waals surface area contributed by atoms with Gasteiger partial charge in [0.25, 0.3) is 0 Å². The zero-order valence-corrected chi connectivity index (χ0v) is 15.7. The average Bonchev–Trinajstić information content (AvgIpc) is 3.13. The minimum Gasteiger partial charge on any atom is -0.338 e. The van der Waals surface area contributed by atoms with Crippen molar-refractivity contribution in [2.45, 2.75) is 26.3 Å². The van der Waals surface area contributed by atoms with Crippen LogP contribution in [0.25, 0.3) is 11.4 Å². The molecule has 2 aliphatic rings. The summed E-state index contributed by atoms with van der Waals surface area (Å²) in [4.78, 5) is 9.62. The molecule has 0 bridgehead atoms. The van der Waals surface area contributed by atoms with Gasteiger partial charge in [-0.2, -0.15) is 4.98 Å². The molecule has 0 spiro atoms. The molecule has 0 atom stereocenters. The van der Waals surface area contributed by atoms with E-state index in [-0.39, 0.29) is 0 Å². The van der Waals surface area contributed by atoms with Crippen LogP contribution in [-0.2, 0) is 6.54 Å². The van der Waals surface area contributed by atoms with Gasteiger partial charge < -0.3 is 14.7 Å². The van der Waals surface area contributed by atoms with Gasteiger partial charge in [0.05, 0.1) is 6.54 Å². The summed E-state index contributed by atoms with van der Waals surface area (Å²) in [5.74, 6) is 2.27. The molecule has 0 unspecified atom stereocenters. The van der Waals surface area contributed by atoms with Gasteiger partial charge in [-0.1, -0.05) is 35.0 Å². The summed E-state index contributed by atoms with van der Waals surface area (Å²) in [5.41, 5.74) is 2.25. The van der Waals surface area contributed by atoms with E-state index in [4.69, 9.17) is 4.52 Å². The monoisotopic (exact) mass is 355 g/mol. The van der Waals surface area contributed by atoms with Crippen LogP contribution < -0.4 is 5.32 Å². The van der Waals surface area contributed by atoms with Gasteiger partial charge in [-0.05, 0) is 38.8 Å². The Balaban J connectivity index is 1.26. The van der Waals surface area contributed by atoms with Crippen LogP contribution in [0, 0.1) is 12.8 Å². The molecule has 6 heteroatoms. The molecule has 2 aliphatic heterocycles. The van der Waals surface area contributed by atoms with Crippen molar-refractivity contribution in [2.75, 3.05) is 45.8 Å². The summed E-state index contributed by atoms with van der Waals surface area (Å²) in [6.45, 7) is 10.9. The zero-order valence-electron chi connectivity index (χ0n) is 15.7. The molecule has 2 fully saturated rings. The van der Waals surface area contributed by atoms with Crippen LogP contribution in [0.1, 0.15) is 24.3 Å². The lowest BCUT2D eigenvalue weighted by Gasteiger charge is -2.36. The number of piperazine rings is 1. The predicted octanol–water partition coefficient (Wildman–Crippen LogP) is 2.16. The maximum absolute atomic E-state index is 5.48. The number of aryl methyl sites for hydroxylation is 1. The van der Waals surface area contributed by atoms with Gasteiger partial charge in [-0.25, -0.2) is 0 Å². The summed E-state index contributed by atoms with van der Waals surface area (Å²) in [6, 6.07) is 8.24. The highest BCUT2D eigenvalue weighted by Crippen LogP contribution is 2.18. The third kappa shape index (κ3) is 4.50. The molecule has 0 radical (unpaired) electrons. The number of hydrogen-bond acceptors (Lipinski definition) is 6. The predicted molar refractivity (Wildman–Crippen MR) is 102 cm³/mol. The van der Waals surface area contributed by atoms with Crippen molar-refractivity contribution in [1.29, 1.82) is 0 Å². The van der Waals surface area contributed by atoms with Crippen molar-refractivity contribution < 1.29 is 4.52 Å². The molecule has 2 aromatic rings. The summed E-state index contributed by atoms with van der Waals surface area (Å²) < 4.78 is 5.48. The lowest BCUT2D eigenvalue weighted by molar-refractivity contribution is 0.0990. The molecule has 1 aromatic heterocycles. The Kier molecular flexibility index (Phi) is 5.62. The molecule has 140 valence electrons. The maximum atomic E-state index is 5.48. The fourth-order valence-corrected chi connectivity index (χ4v) is 3.89. The van der Waals surface area contributed by atoms with E-state index in [0.29, 0.717) is 11.7 Å². The maximum Gasteiger partial charge on any atom is 0.241 e. The molecule has 26 heavy (non-hydrogen) atoms. The molecule has 0 aliphatic carbocycles. The summed E-state index contributed by atoms with van der Waals surface area (Å²) in [5, 5.41) is 7.60. The molecule has 1 N–H and O–H groups in total. The molecule has 4 rings (SSSR count). The van der Waals surface area contributed by atoms with E-state index in [2.05, 4.69) is 44.3 Å². The van der Waals surface area contributed by atoms with Crippen LogP contribution in [0.3, 0.4) is 0 Å². The van der Waals surface area contributed by atoms with Crippen molar-refractivity contribution in [3.63, 3.8) is 0 Å². The summed E-state index contributed by atoms with van der Waals surface area (Å²) >= 11 is 0. The first-order valence-electron chi connectivity index (χ1n) is 9.81. The Morgan fingerprint density at radius 1 is 1.04 bits per heavy atom. The van der Waals surface area contributed by atoms with Crippen LogP contribution in [0.15, 0.2) is 28.8 Å². The van der Waals surface area contributed by atoms with Crippen LogP contribution in [0.2, 0.25) is 0 Å². The van der Waals surface area contributed by atoms with Gasteiger partial charge in [0.2, 0.25) is 11.7 Å². The number of aromatic nitrogens is 2. The average molecular weight is 355 g/mol. The molecular formula is C20H29N5O. The van der Waals surface area contributed by atoms with Gasteiger partial charge >= 0.3 is 0 Å². The smallest absolute Gasteiger partial charge is 0.241 e. The number of rotatable bonds is 5. The van der Waals surface area contributed by atoms with E-state index in [9.17, 15) is 0 Å². The molecule has 1 aromatic carbocycles. The molecule has 0 saturated carbocycles. The fraction of sp³-hybridized carbons (Fsp3) is 0.600. The van der Waals surface area contributed by atoms with Crippen LogP contribution in [0.5, 0.6) is 0 Å². The van der Waals surface area contributed by atoms with Crippen molar-refractivity contribution in [3.8, 4) is 11.4 Å². The summed E-state index contributed by atoms with van der Waals surface area (Å²) in [6.07, 6.45) is 2.65. The van der Waals surface area contributed by atoms with Gasteiger partial charge in [0, 0.05) is 38.3 Å². The third-order valence-corrected chi connectivity index (χ3v) is 5.58. The second-order valence-corrected chi connectivity index (χ2v) is 7.65. The number of hydrogen-bond donors (Lipinski definition) is 1. The topological polar surface area (TPSA) is 57.4 Å². The Bertz CT molecular complexity index is 684. The van der Waals surface area contributed by atoms with Crippen LogP contribution in [-0.4, -0.2) is 65.8 Å². The van der Waals surface area contributed by atoms with Crippen LogP contribution in [0.4, 0.5) is 0 Å². The Hall–Kier alpha value is -1.76. The zero-order chi connectivity index (χ0) is 17.8. The van der Waals surface area contributed by atoms with E-state index in [1.807, 2.05) is 12.1 Å². The first kappa shape index (κ1) is 17.6.